The van der Waals surface area contributed by atoms with Crippen LogP contribution in [0.5, 0.6) is 11.5 Å². The third-order valence-corrected chi connectivity index (χ3v) is 4.95. The van der Waals surface area contributed by atoms with E-state index in [9.17, 15) is 23.1 Å². The molecule has 25 heavy (non-hydrogen) atoms. The second-order valence-electron chi connectivity index (χ2n) is 6.65. The summed E-state index contributed by atoms with van der Waals surface area (Å²) in [4.78, 5) is 12.1. The molecule has 0 aliphatic heterocycles. The van der Waals surface area contributed by atoms with Gasteiger partial charge in [0, 0.05) is 23.9 Å². The number of benzene rings is 1. The van der Waals surface area contributed by atoms with Crippen LogP contribution in [-0.4, -0.2) is 35.9 Å². The molecule has 0 heterocycles. The molecule has 2 N–H and O–H groups in total. The molecule has 3 atom stereocenters. The second-order valence-corrected chi connectivity index (χ2v) is 6.65. The lowest BCUT2D eigenvalue weighted by Crippen LogP contribution is -2.56. The smallest absolute Gasteiger partial charge is 0.387 e. The standard InChI is InChI=1S/C17H20F3NO4/c1-8-12(7-13(8)22)21-16(23)9-4-11(5-9)24-15-6-10(18)2-3-14(15)25-17(19)20/h2-3,6,8-9,11-13,17,22H,4-5,7H2,1H3,(H,21,23)/t8?,9?,11?,12-,13-/m0/s1. The Balaban J connectivity index is 1.50. The number of carbonyl (C=O) groups excluding carboxylic acids is 1. The summed E-state index contributed by atoms with van der Waals surface area (Å²) < 4.78 is 47.9. The lowest BCUT2D eigenvalue weighted by atomic mass is 9.76. The highest BCUT2D eigenvalue weighted by Crippen LogP contribution is 2.37. The summed E-state index contributed by atoms with van der Waals surface area (Å²) >= 11 is 0. The molecule has 8 heteroatoms. The van der Waals surface area contributed by atoms with Gasteiger partial charge in [-0.15, -0.1) is 0 Å². The zero-order chi connectivity index (χ0) is 18.1. The summed E-state index contributed by atoms with van der Waals surface area (Å²) in [6.07, 6.45) is 0.656. The van der Waals surface area contributed by atoms with Gasteiger partial charge in [0.25, 0.3) is 0 Å². The third-order valence-electron chi connectivity index (χ3n) is 4.95. The first-order chi connectivity index (χ1) is 11.8. The van der Waals surface area contributed by atoms with Crippen molar-refractivity contribution in [3.05, 3.63) is 24.0 Å². The first kappa shape index (κ1) is 17.8. The molecule has 0 bridgehead atoms. The Morgan fingerprint density at radius 2 is 2.00 bits per heavy atom. The molecule has 138 valence electrons. The highest BCUT2D eigenvalue weighted by Gasteiger charge is 2.41. The fourth-order valence-corrected chi connectivity index (χ4v) is 3.08. The monoisotopic (exact) mass is 359 g/mol. The second kappa shape index (κ2) is 7.11. The van der Waals surface area contributed by atoms with Crippen LogP contribution in [0.3, 0.4) is 0 Å². The number of ether oxygens (including phenoxy) is 2. The first-order valence-corrected chi connectivity index (χ1v) is 8.23. The number of aliphatic hydroxyl groups excluding tert-OH is 1. The molecule has 2 fully saturated rings. The molecule has 2 aliphatic rings. The quantitative estimate of drug-likeness (QED) is 0.819. The zero-order valence-corrected chi connectivity index (χ0v) is 13.6. The summed E-state index contributed by atoms with van der Waals surface area (Å²) in [6.45, 7) is -1.16. The van der Waals surface area contributed by atoms with Crippen molar-refractivity contribution in [2.24, 2.45) is 11.8 Å². The molecule has 0 saturated heterocycles. The van der Waals surface area contributed by atoms with Gasteiger partial charge in [-0.2, -0.15) is 8.78 Å². The number of aliphatic hydroxyl groups is 1. The molecule has 2 aliphatic carbocycles. The maximum Gasteiger partial charge on any atom is 0.387 e. The summed E-state index contributed by atoms with van der Waals surface area (Å²) in [5, 5.41) is 12.4. The van der Waals surface area contributed by atoms with Crippen LogP contribution >= 0.6 is 0 Å². The van der Waals surface area contributed by atoms with E-state index in [1.165, 1.54) is 0 Å². The number of alkyl halides is 2. The van der Waals surface area contributed by atoms with Crippen molar-refractivity contribution in [2.75, 3.05) is 0 Å². The van der Waals surface area contributed by atoms with Crippen molar-refractivity contribution in [1.82, 2.24) is 5.32 Å². The lowest BCUT2D eigenvalue weighted by Gasteiger charge is -2.42. The Hall–Kier alpha value is -1.96. The summed E-state index contributed by atoms with van der Waals surface area (Å²) in [6, 6.07) is 3.07. The zero-order valence-electron chi connectivity index (χ0n) is 13.6. The van der Waals surface area contributed by atoms with Gasteiger partial charge < -0.3 is 19.9 Å². The van der Waals surface area contributed by atoms with Gasteiger partial charge in [0.05, 0.1) is 6.10 Å². The van der Waals surface area contributed by atoms with E-state index < -0.39 is 12.4 Å². The van der Waals surface area contributed by atoms with Gasteiger partial charge in [0.15, 0.2) is 11.5 Å². The van der Waals surface area contributed by atoms with Crippen molar-refractivity contribution >= 4 is 5.91 Å². The van der Waals surface area contributed by atoms with Crippen LogP contribution in [0.1, 0.15) is 26.2 Å². The van der Waals surface area contributed by atoms with Crippen LogP contribution in [-0.2, 0) is 4.79 Å². The van der Waals surface area contributed by atoms with E-state index in [4.69, 9.17) is 4.74 Å². The van der Waals surface area contributed by atoms with Gasteiger partial charge in [-0.3, -0.25) is 4.79 Å². The van der Waals surface area contributed by atoms with E-state index in [1.807, 2.05) is 6.92 Å². The van der Waals surface area contributed by atoms with Crippen molar-refractivity contribution in [1.29, 1.82) is 0 Å². The maximum atomic E-state index is 13.3. The fraction of sp³-hybridized carbons (Fsp3) is 0.588. The predicted octanol–water partition coefficient (Wildman–Crippen LogP) is 2.47. The first-order valence-electron chi connectivity index (χ1n) is 8.23. The average Bonchev–Trinajstić information content (AvgIpc) is 2.51. The van der Waals surface area contributed by atoms with Crippen LogP contribution < -0.4 is 14.8 Å². The Morgan fingerprint density at radius 1 is 1.28 bits per heavy atom. The molecule has 5 nitrogen and oxygen atoms in total. The minimum absolute atomic E-state index is 0.0169. The lowest BCUT2D eigenvalue weighted by molar-refractivity contribution is -0.134. The average molecular weight is 359 g/mol. The van der Waals surface area contributed by atoms with Crippen molar-refractivity contribution in [3.8, 4) is 11.5 Å². The molecule has 1 amide bonds. The van der Waals surface area contributed by atoms with E-state index in [-0.39, 0.29) is 47.5 Å². The Kier molecular flexibility index (Phi) is 5.08. The van der Waals surface area contributed by atoms with Crippen LogP contribution in [0.15, 0.2) is 18.2 Å². The van der Waals surface area contributed by atoms with E-state index in [2.05, 4.69) is 10.1 Å². The van der Waals surface area contributed by atoms with Gasteiger partial charge >= 0.3 is 6.61 Å². The highest BCUT2D eigenvalue weighted by atomic mass is 19.3. The van der Waals surface area contributed by atoms with E-state index in [0.717, 1.165) is 18.2 Å². The Labute approximate surface area is 143 Å². The van der Waals surface area contributed by atoms with Crippen molar-refractivity contribution < 1.29 is 32.5 Å². The molecule has 1 aromatic carbocycles. The molecular formula is C17H20F3NO4. The number of hydrogen-bond acceptors (Lipinski definition) is 4. The minimum atomic E-state index is -3.03. The van der Waals surface area contributed by atoms with E-state index in [1.54, 1.807) is 0 Å². The van der Waals surface area contributed by atoms with Crippen LogP contribution in [0.4, 0.5) is 13.2 Å². The molecule has 3 rings (SSSR count). The number of rotatable bonds is 6. The van der Waals surface area contributed by atoms with Gasteiger partial charge in [-0.05, 0) is 31.4 Å². The minimum Gasteiger partial charge on any atom is -0.486 e. The molecule has 0 spiro atoms. The van der Waals surface area contributed by atoms with Gasteiger partial charge in [-0.1, -0.05) is 6.92 Å². The van der Waals surface area contributed by atoms with Gasteiger partial charge in [0.2, 0.25) is 5.91 Å². The van der Waals surface area contributed by atoms with E-state index >= 15 is 0 Å². The molecule has 2 saturated carbocycles. The molecular weight excluding hydrogens is 339 g/mol. The van der Waals surface area contributed by atoms with Crippen LogP contribution in [0.25, 0.3) is 0 Å². The van der Waals surface area contributed by atoms with Gasteiger partial charge in [0.1, 0.15) is 11.9 Å². The van der Waals surface area contributed by atoms with Crippen molar-refractivity contribution in [2.45, 2.75) is 51.0 Å². The Bertz CT molecular complexity index is 636. The molecule has 1 aromatic rings. The van der Waals surface area contributed by atoms with Gasteiger partial charge in [-0.25, -0.2) is 4.39 Å². The Morgan fingerprint density at radius 3 is 2.60 bits per heavy atom. The number of halogens is 3. The SMILES string of the molecule is CC1[C@@H](NC(=O)C2CC(Oc3cc(F)ccc3OC(F)F)C2)C[C@@H]1O. The molecule has 1 unspecified atom stereocenters. The largest absolute Gasteiger partial charge is 0.486 e. The van der Waals surface area contributed by atoms with Crippen LogP contribution in [0, 0.1) is 17.7 Å². The maximum absolute atomic E-state index is 13.3. The summed E-state index contributed by atoms with van der Waals surface area (Å²) in [5.74, 6) is -1.25. The summed E-state index contributed by atoms with van der Waals surface area (Å²) in [7, 11) is 0. The topological polar surface area (TPSA) is 67.8 Å². The highest BCUT2D eigenvalue weighted by molar-refractivity contribution is 5.80. The number of amides is 1. The normalized spacial score (nSPS) is 31.0. The number of nitrogens with one attached hydrogen (secondary N) is 1. The fourth-order valence-electron chi connectivity index (χ4n) is 3.08. The predicted molar refractivity (Wildman–Crippen MR) is 81.9 cm³/mol. The molecule has 0 radical (unpaired) electrons. The summed E-state index contributed by atoms with van der Waals surface area (Å²) in [5.41, 5.74) is 0. The van der Waals surface area contributed by atoms with E-state index in [0.29, 0.717) is 19.3 Å². The third kappa shape index (κ3) is 4.00. The molecule has 0 aromatic heterocycles. The number of carbonyl (C=O) groups is 1. The number of hydrogen-bond donors (Lipinski definition) is 2. The van der Waals surface area contributed by atoms with Crippen molar-refractivity contribution in [3.63, 3.8) is 0 Å². The van der Waals surface area contributed by atoms with Crippen LogP contribution in [0.2, 0.25) is 0 Å².